The fourth-order valence-corrected chi connectivity index (χ4v) is 2.98. The molecule has 0 amide bonds. The first-order chi connectivity index (χ1) is 12.3. The van der Waals surface area contributed by atoms with Gasteiger partial charge in [0.2, 0.25) is 0 Å². The fraction of sp³-hybridized carbons (Fsp3) is 0.158. The molecule has 0 fully saturated rings. The summed E-state index contributed by atoms with van der Waals surface area (Å²) in [4.78, 5) is 12.3. The van der Waals surface area contributed by atoms with Crippen LogP contribution in [0.3, 0.4) is 0 Å². The number of fused-ring (bicyclic) bond motifs is 1. The van der Waals surface area contributed by atoms with Crippen molar-refractivity contribution in [2.24, 2.45) is 0 Å². The van der Waals surface area contributed by atoms with Gasteiger partial charge in [-0.05, 0) is 35.9 Å². The van der Waals surface area contributed by atoms with E-state index in [2.05, 4.69) is 48.3 Å². The van der Waals surface area contributed by atoms with Gasteiger partial charge in [0.15, 0.2) is 5.65 Å². The van der Waals surface area contributed by atoms with E-state index in [9.17, 15) is 0 Å². The molecular weight excluding hydrogens is 380 g/mol. The Balaban J connectivity index is 1.49. The number of nitrogens with zero attached hydrogens (tertiary/aromatic N) is 2. The zero-order valence-corrected chi connectivity index (χ0v) is 15.1. The molecule has 0 saturated carbocycles. The highest BCUT2D eigenvalue weighted by atomic mass is 79.9. The number of aryl methyl sites for hydroxylation is 2. The summed E-state index contributed by atoms with van der Waals surface area (Å²) in [6.07, 6.45) is 5.08. The van der Waals surface area contributed by atoms with Crippen LogP contribution >= 0.6 is 15.9 Å². The van der Waals surface area contributed by atoms with Gasteiger partial charge in [-0.1, -0.05) is 28.1 Å². The topological polar surface area (TPSA) is 66.7 Å². The first-order valence-electron chi connectivity index (χ1n) is 8.12. The number of benzene rings is 1. The van der Waals surface area contributed by atoms with Gasteiger partial charge in [-0.15, -0.1) is 0 Å². The molecule has 0 aliphatic heterocycles. The largest absolute Gasteiger partial charge is 0.469 e. The Morgan fingerprint density at radius 3 is 2.76 bits per heavy atom. The maximum atomic E-state index is 5.38. The van der Waals surface area contributed by atoms with Gasteiger partial charge >= 0.3 is 0 Å². The number of nitrogens with one attached hydrogen (secondary N) is 2. The quantitative estimate of drug-likeness (QED) is 0.495. The third-order valence-electron chi connectivity index (χ3n) is 4.03. The molecule has 1 aromatic carbocycles. The van der Waals surface area contributed by atoms with E-state index in [4.69, 9.17) is 4.42 Å². The first-order valence-corrected chi connectivity index (χ1v) is 8.91. The number of aromatic nitrogens is 3. The van der Waals surface area contributed by atoms with Crippen LogP contribution in [0.2, 0.25) is 0 Å². The van der Waals surface area contributed by atoms with E-state index >= 15 is 0 Å². The number of halogens is 1. The number of aromatic amines is 1. The van der Waals surface area contributed by atoms with Crippen molar-refractivity contribution in [1.29, 1.82) is 0 Å². The minimum Gasteiger partial charge on any atom is -0.469 e. The third kappa shape index (κ3) is 3.74. The van der Waals surface area contributed by atoms with Gasteiger partial charge in [0.1, 0.15) is 17.1 Å². The molecule has 0 aliphatic rings. The van der Waals surface area contributed by atoms with E-state index in [0.717, 1.165) is 52.3 Å². The number of hydrogen-bond acceptors (Lipinski definition) is 4. The van der Waals surface area contributed by atoms with Gasteiger partial charge in [0.05, 0.1) is 12.0 Å². The van der Waals surface area contributed by atoms with Crippen molar-refractivity contribution in [2.45, 2.75) is 19.4 Å². The smallest absolute Gasteiger partial charge is 0.179 e. The minimum absolute atomic E-state index is 0.732. The lowest BCUT2D eigenvalue weighted by Crippen LogP contribution is -2.00. The molecule has 0 bridgehead atoms. The Morgan fingerprint density at radius 2 is 1.96 bits per heavy atom. The van der Waals surface area contributed by atoms with Crippen molar-refractivity contribution in [1.82, 2.24) is 15.0 Å². The number of rotatable bonds is 6. The molecular formula is C19H17BrN4O. The van der Waals surface area contributed by atoms with Crippen LogP contribution in [0.1, 0.15) is 17.1 Å². The molecule has 0 radical (unpaired) electrons. The van der Waals surface area contributed by atoms with Crippen LogP contribution in [-0.4, -0.2) is 15.0 Å². The summed E-state index contributed by atoms with van der Waals surface area (Å²) < 4.78 is 6.46. The standard InChI is InChI=1S/C19H17BrN4O/c20-14-5-3-13(4-6-14)12-22-16-9-10-21-19-18(16)23-17(24-19)8-7-15-2-1-11-25-15/h1-6,9-11H,7-8,12H2,(H2,21,22,23,24). The number of anilines is 1. The summed E-state index contributed by atoms with van der Waals surface area (Å²) in [5.41, 5.74) is 3.89. The molecule has 0 unspecified atom stereocenters. The zero-order chi connectivity index (χ0) is 17.1. The monoisotopic (exact) mass is 396 g/mol. The Hall–Kier alpha value is -2.60. The van der Waals surface area contributed by atoms with Crippen LogP contribution in [0.5, 0.6) is 0 Å². The van der Waals surface area contributed by atoms with Crippen LogP contribution in [0.25, 0.3) is 11.2 Å². The second-order valence-corrected chi connectivity index (χ2v) is 6.72. The molecule has 0 atom stereocenters. The Kier molecular flexibility index (Phi) is 4.52. The SMILES string of the molecule is Brc1ccc(CNc2ccnc3nc(CCc4ccco4)[nH]c23)cc1. The average molecular weight is 397 g/mol. The molecule has 25 heavy (non-hydrogen) atoms. The summed E-state index contributed by atoms with van der Waals surface area (Å²) in [6.45, 7) is 0.743. The van der Waals surface area contributed by atoms with Crippen molar-refractivity contribution < 1.29 is 4.42 Å². The van der Waals surface area contributed by atoms with Gasteiger partial charge in [-0.2, -0.15) is 0 Å². The number of imidazole rings is 1. The van der Waals surface area contributed by atoms with Crippen molar-refractivity contribution >= 4 is 32.8 Å². The predicted molar refractivity (Wildman–Crippen MR) is 101 cm³/mol. The number of hydrogen-bond donors (Lipinski definition) is 2. The molecule has 0 aliphatic carbocycles. The maximum absolute atomic E-state index is 5.38. The third-order valence-corrected chi connectivity index (χ3v) is 4.55. The van der Waals surface area contributed by atoms with Gasteiger partial charge in [-0.25, -0.2) is 9.97 Å². The number of H-pyrrole nitrogens is 1. The summed E-state index contributed by atoms with van der Waals surface area (Å²) in [7, 11) is 0. The highest BCUT2D eigenvalue weighted by molar-refractivity contribution is 9.10. The zero-order valence-electron chi connectivity index (χ0n) is 13.5. The molecule has 4 rings (SSSR count). The molecule has 0 saturated heterocycles. The average Bonchev–Trinajstić information content (AvgIpc) is 3.28. The van der Waals surface area contributed by atoms with Gasteiger partial charge in [0, 0.05) is 30.1 Å². The van der Waals surface area contributed by atoms with E-state index in [-0.39, 0.29) is 0 Å². The van der Waals surface area contributed by atoms with Crippen LogP contribution in [0.15, 0.2) is 63.8 Å². The second kappa shape index (κ2) is 7.11. The highest BCUT2D eigenvalue weighted by Gasteiger charge is 2.09. The van der Waals surface area contributed by atoms with Gasteiger partial charge in [-0.3, -0.25) is 0 Å². The van der Waals surface area contributed by atoms with Crippen LogP contribution in [0, 0.1) is 0 Å². The highest BCUT2D eigenvalue weighted by Crippen LogP contribution is 2.21. The van der Waals surface area contributed by atoms with Gasteiger partial charge < -0.3 is 14.7 Å². The van der Waals surface area contributed by atoms with Gasteiger partial charge in [0.25, 0.3) is 0 Å². The molecule has 126 valence electrons. The molecule has 5 nitrogen and oxygen atoms in total. The van der Waals surface area contributed by atoms with Crippen LogP contribution in [-0.2, 0) is 19.4 Å². The Morgan fingerprint density at radius 1 is 1.08 bits per heavy atom. The summed E-state index contributed by atoms with van der Waals surface area (Å²) in [5, 5.41) is 3.46. The lowest BCUT2D eigenvalue weighted by Gasteiger charge is -2.07. The van der Waals surface area contributed by atoms with E-state index < -0.39 is 0 Å². The van der Waals surface area contributed by atoms with E-state index in [1.807, 2.05) is 30.3 Å². The molecule has 3 aromatic heterocycles. The summed E-state index contributed by atoms with van der Waals surface area (Å²) in [6, 6.07) is 14.1. The van der Waals surface area contributed by atoms with Crippen LogP contribution in [0.4, 0.5) is 5.69 Å². The Bertz CT molecular complexity index is 961. The number of furan rings is 1. The molecule has 0 spiro atoms. The van der Waals surface area contributed by atoms with Crippen molar-refractivity contribution in [3.8, 4) is 0 Å². The summed E-state index contributed by atoms with van der Waals surface area (Å²) >= 11 is 3.46. The van der Waals surface area contributed by atoms with E-state index in [1.54, 1.807) is 12.5 Å². The van der Waals surface area contributed by atoms with Crippen LogP contribution < -0.4 is 5.32 Å². The molecule has 6 heteroatoms. The Labute approximate surface area is 153 Å². The predicted octanol–water partition coefficient (Wildman–Crippen LogP) is 4.71. The molecule has 3 heterocycles. The first kappa shape index (κ1) is 15.9. The lowest BCUT2D eigenvalue weighted by molar-refractivity contribution is 0.507. The lowest BCUT2D eigenvalue weighted by atomic mass is 10.2. The second-order valence-electron chi connectivity index (χ2n) is 5.80. The van der Waals surface area contributed by atoms with E-state index in [0.29, 0.717) is 0 Å². The summed E-state index contributed by atoms with van der Waals surface area (Å²) in [5.74, 6) is 1.87. The van der Waals surface area contributed by atoms with Crippen molar-refractivity contribution in [2.75, 3.05) is 5.32 Å². The fourth-order valence-electron chi connectivity index (χ4n) is 2.72. The normalized spacial score (nSPS) is 11.1. The van der Waals surface area contributed by atoms with Crippen molar-refractivity contribution in [3.05, 3.63) is 76.5 Å². The molecule has 4 aromatic rings. The van der Waals surface area contributed by atoms with E-state index in [1.165, 1.54) is 5.56 Å². The van der Waals surface area contributed by atoms with Crippen molar-refractivity contribution in [3.63, 3.8) is 0 Å². The maximum Gasteiger partial charge on any atom is 0.179 e. The number of pyridine rings is 1. The minimum atomic E-state index is 0.732. The molecule has 2 N–H and O–H groups in total.